The molecule has 0 unspecified atom stereocenters. The first-order valence-electron chi connectivity index (χ1n) is 6.81. The van der Waals surface area contributed by atoms with Gasteiger partial charge < -0.3 is 10.4 Å². The van der Waals surface area contributed by atoms with Crippen LogP contribution in [0, 0.1) is 6.92 Å². The third-order valence-electron chi connectivity index (χ3n) is 3.71. The Bertz CT molecular complexity index is 733. The third kappa shape index (κ3) is 2.69. The molecule has 1 amide bonds. The Balaban J connectivity index is 1.80. The number of hydrogen-bond acceptors (Lipinski definition) is 3. The van der Waals surface area contributed by atoms with Gasteiger partial charge in [0.25, 0.3) is 5.91 Å². The summed E-state index contributed by atoms with van der Waals surface area (Å²) < 4.78 is 0. The summed E-state index contributed by atoms with van der Waals surface area (Å²) in [5.74, 6) is -1.15. The van der Waals surface area contributed by atoms with Crippen LogP contribution in [0.3, 0.4) is 0 Å². The number of carboxylic acid groups (broad SMARTS) is 1. The van der Waals surface area contributed by atoms with Crippen molar-refractivity contribution in [1.29, 1.82) is 0 Å². The van der Waals surface area contributed by atoms with E-state index in [1.807, 2.05) is 18.2 Å². The molecule has 1 aromatic heterocycles. The van der Waals surface area contributed by atoms with E-state index in [0.717, 1.165) is 30.6 Å². The molecule has 21 heavy (non-hydrogen) atoms. The minimum absolute atomic E-state index is 0.192. The third-order valence-corrected chi connectivity index (χ3v) is 4.85. The van der Waals surface area contributed by atoms with Crippen molar-refractivity contribution in [2.24, 2.45) is 0 Å². The van der Waals surface area contributed by atoms with E-state index < -0.39 is 5.97 Å². The average molecular weight is 301 g/mol. The lowest BCUT2D eigenvalue weighted by Gasteiger charge is -2.05. The zero-order chi connectivity index (χ0) is 15.0. The number of aryl methyl sites for hydroxylation is 3. The fraction of sp³-hybridized carbons (Fsp3) is 0.250. The standard InChI is InChI=1S/C16H15NO3S/c1-9-7-13(21-14(9)16(19)20)17-15(18)12-6-5-10-3-2-4-11(10)8-12/h5-8H,2-4H2,1H3,(H,17,18)(H,19,20). The lowest BCUT2D eigenvalue weighted by atomic mass is 10.1. The van der Waals surface area contributed by atoms with Crippen LogP contribution in [0.1, 0.15) is 43.1 Å². The average Bonchev–Trinajstić information content (AvgIpc) is 3.04. The molecule has 0 bridgehead atoms. The SMILES string of the molecule is Cc1cc(NC(=O)c2ccc3c(c2)CCC3)sc1C(=O)O. The summed E-state index contributed by atoms with van der Waals surface area (Å²) >= 11 is 1.08. The maximum absolute atomic E-state index is 12.3. The number of nitrogens with one attached hydrogen (secondary N) is 1. The van der Waals surface area contributed by atoms with Crippen LogP contribution < -0.4 is 5.32 Å². The van der Waals surface area contributed by atoms with Crippen molar-refractivity contribution < 1.29 is 14.7 Å². The number of carboxylic acids is 1. The van der Waals surface area contributed by atoms with Gasteiger partial charge in [0.05, 0.1) is 5.00 Å². The maximum Gasteiger partial charge on any atom is 0.346 e. The molecule has 0 saturated carbocycles. The minimum atomic E-state index is -0.962. The normalized spacial score (nSPS) is 13.0. The Morgan fingerprint density at radius 3 is 2.67 bits per heavy atom. The van der Waals surface area contributed by atoms with E-state index in [2.05, 4.69) is 5.32 Å². The number of fused-ring (bicyclic) bond motifs is 1. The number of carbonyl (C=O) groups excluding carboxylic acids is 1. The van der Waals surface area contributed by atoms with Gasteiger partial charge >= 0.3 is 5.97 Å². The Hall–Kier alpha value is -2.14. The number of carbonyl (C=O) groups is 2. The smallest absolute Gasteiger partial charge is 0.346 e. The second kappa shape index (κ2) is 5.33. The van der Waals surface area contributed by atoms with Gasteiger partial charge in [0.2, 0.25) is 0 Å². The van der Waals surface area contributed by atoms with Crippen molar-refractivity contribution in [1.82, 2.24) is 0 Å². The molecule has 1 aliphatic rings. The van der Waals surface area contributed by atoms with E-state index in [9.17, 15) is 9.59 Å². The lowest BCUT2D eigenvalue weighted by Crippen LogP contribution is -2.11. The molecule has 0 spiro atoms. The molecule has 0 fully saturated rings. The molecule has 1 aromatic carbocycles. The highest BCUT2D eigenvalue weighted by atomic mass is 32.1. The van der Waals surface area contributed by atoms with Crippen LogP contribution in [-0.2, 0) is 12.8 Å². The first kappa shape index (κ1) is 13.8. The molecular formula is C16H15NO3S. The monoisotopic (exact) mass is 301 g/mol. The van der Waals surface area contributed by atoms with Crippen LogP contribution >= 0.6 is 11.3 Å². The number of amides is 1. The van der Waals surface area contributed by atoms with Crippen LogP contribution in [0.25, 0.3) is 0 Å². The van der Waals surface area contributed by atoms with Gasteiger partial charge in [-0.05, 0) is 61.1 Å². The quantitative estimate of drug-likeness (QED) is 0.912. The molecule has 0 radical (unpaired) electrons. The van der Waals surface area contributed by atoms with Gasteiger partial charge in [-0.3, -0.25) is 4.79 Å². The van der Waals surface area contributed by atoms with E-state index in [1.165, 1.54) is 11.1 Å². The molecular weight excluding hydrogens is 286 g/mol. The molecule has 0 aliphatic heterocycles. The van der Waals surface area contributed by atoms with Crippen molar-refractivity contribution in [3.63, 3.8) is 0 Å². The van der Waals surface area contributed by atoms with Gasteiger partial charge in [0.15, 0.2) is 0 Å². The van der Waals surface area contributed by atoms with E-state index in [-0.39, 0.29) is 10.8 Å². The van der Waals surface area contributed by atoms with E-state index >= 15 is 0 Å². The van der Waals surface area contributed by atoms with Gasteiger partial charge in [-0.15, -0.1) is 11.3 Å². The topological polar surface area (TPSA) is 66.4 Å². The van der Waals surface area contributed by atoms with Gasteiger partial charge in [0.1, 0.15) is 4.88 Å². The summed E-state index contributed by atoms with van der Waals surface area (Å²) in [5.41, 5.74) is 3.86. The molecule has 1 aliphatic carbocycles. The summed E-state index contributed by atoms with van der Waals surface area (Å²) in [4.78, 5) is 23.5. The molecule has 2 aromatic rings. The number of anilines is 1. The number of benzene rings is 1. The molecule has 3 rings (SSSR count). The highest BCUT2D eigenvalue weighted by Crippen LogP contribution is 2.28. The molecule has 5 heteroatoms. The maximum atomic E-state index is 12.3. The van der Waals surface area contributed by atoms with Gasteiger partial charge in [-0.1, -0.05) is 6.07 Å². The zero-order valence-corrected chi connectivity index (χ0v) is 12.4. The summed E-state index contributed by atoms with van der Waals surface area (Å²) in [6.45, 7) is 1.73. The van der Waals surface area contributed by atoms with E-state index in [0.29, 0.717) is 16.1 Å². The Kier molecular flexibility index (Phi) is 3.51. The number of aromatic carboxylic acids is 1. The fourth-order valence-electron chi connectivity index (χ4n) is 2.65. The number of hydrogen-bond donors (Lipinski definition) is 2. The summed E-state index contributed by atoms with van der Waals surface area (Å²) in [6, 6.07) is 7.48. The molecule has 108 valence electrons. The predicted octanol–water partition coefficient (Wildman–Crippen LogP) is 3.50. The highest BCUT2D eigenvalue weighted by Gasteiger charge is 2.16. The molecule has 1 heterocycles. The van der Waals surface area contributed by atoms with Crippen LogP contribution in [0.15, 0.2) is 24.3 Å². The van der Waals surface area contributed by atoms with E-state index in [4.69, 9.17) is 5.11 Å². The van der Waals surface area contributed by atoms with Crippen molar-refractivity contribution in [2.75, 3.05) is 5.32 Å². The highest BCUT2D eigenvalue weighted by molar-refractivity contribution is 7.18. The van der Waals surface area contributed by atoms with Gasteiger partial charge in [-0.25, -0.2) is 4.79 Å². The van der Waals surface area contributed by atoms with Crippen LogP contribution in [0.2, 0.25) is 0 Å². The van der Waals surface area contributed by atoms with Gasteiger partial charge in [-0.2, -0.15) is 0 Å². The molecule has 0 saturated heterocycles. The summed E-state index contributed by atoms with van der Waals surface area (Å²) in [5, 5.41) is 12.4. The van der Waals surface area contributed by atoms with Gasteiger partial charge in [0, 0.05) is 5.56 Å². The van der Waals surface area contributed by atoms with Crippen LogP contribution in [0.4, 0.5) is 5.00 Å². The van der Waals surface area contributed by atoms with Crippen molar-refractivity contribution >= 4 is 28.2 Å². The second-order valence-corrected chi connectivity index (χ2v) is 6.27. The van der Waals surface area contributed by atoms with Crippen molar-refractivity contribution in [3.05, 3.63) is 51.4 Å². The summed E-state index contributed by atoms with van der Waals surface area (Å²) in [6.07, 6.45) is 3.26. The fourth-order valence-corrected chi connectivity index (χ4v) is 3.56. The Labute approximate surface area is 126 Å². The Morgan fingerprint density at radius 2 is 1.95 bits per heavy atom. The first-order chi connectivity index (χ1) is 10.0. The predicted molar refractivity (Wildman–Crippen MR) is 82.4 cm³/mol. The minimum Gasteiger partial charge on any atom is -0.477 e. The molecule has 4 nitrogen and oxygen atoms in total. The Morgan fingerprint density at radius 1 is 1.19 bits per heavy atom. The van der Waals surface area contributed by atoms with Crippen LogP contribution in [-0.4, -0.2) is 17.0 Å². The summed E-state index contributed by atoms with van der Waals surface area (Å²) in [7, 11) is 0. The van der Waals surface area contributed by atoms with Crippen molar-refractivity contribution in [3.8, 4) is 0 Å². The van der Waals surface area contributed by atoms with Crippen molar-refractivity contribution in [2.45, 2.75) is 26.2 Å². The largest absolute Gasteiger partial charge is 0.477 e. The number of thiophene rings is 1. The lowest BCUT2D eigenvalue weighted by molar-refractivity contribution is 0.0701. The van der Waals surface area contributed by atoms with E-state index in [1.54, 1.807) is 13.0 Å². The number of rotatable bonds is 3. The second-order valence-electron chi connectivity index (χ2n) is 5.22. The molecule has 2 N–H and O–H groups in total. The first-order valence-corrected chi connectivity index (χ1v) is 7.63. The zero-order valence-electron chi connectivity index (χ0n) is 11.6. The van der Waals surface area contributed by atoms with Crippen LogP contribution in [0.5, 0.6) is 0 Å². The molecule has 0 atom stereocenters.